The second kappa shape index (κ2) is 9.65. The smallest absolute Gasteiger partial charge is 0.261 e. The number of rotatable bonds is 9. The Bertz CT molecular complexity index is 628. The molecule has 0 aromatic heterocycles. The van der Waals surface area contributed by atoms with E-state index in [0.717, 1.165) is 6.54 Å². The molecule has 0 aliphatic heterocycles. The summed E-state index contributed by atoms with van der Waals surface area (Å²) in [5, 5.41) is 16.3. The highest BCUT2D eigenvalue weighted by molar-refractivity contribution is 6.99. The van der Waals surface area contributed by atoms with Crippen LogP contribution >= 0.6 is 0 Å². The van der Waals surface area contributed by atoms with Crippen LogP contribution in [0.3, 0.4) is 0 Å². The maximum atomic E-state index is 10.5. The van der Waals surface area contributed by atoms with E-state index in [2.05, 4.69) is 88.5 Å². The molecule has 0 bridgehead atoms. The summed E-state index contributed by atoms with van der Waals surface area (Å²) in [7, 11) is -2.55. The molecule has 3 nitrogen and oxygen atoms in total. The summed E-state index contributed by atoms with van der Waals surface area (Å²) < 4.78 is 6.75. The predicted molar refractivity (Wildman–Crippen MR) is 117 cm³/mol. The van der Waals surface area contributed by atoms with Gasteiger partial charge in [0, 0.05) is 6.04 Å². The Morgan fingerprint density at radius 1 is 0.926 bits per heavy atom. The molecule has 2 N–H and O–H groups in total. The lowest BCUT2D eigenvalue weighted by atomic mass is 10.2. The molecule has 27 heavy (non-hydrogen) atoms. The minimum Gasteiger partial charge on any atom is -0.405 e. The van der Waals surface area contributed by atoms with E-state index in [4.69, 9.17) is 4.43 Å². The van der Waals surface area contributed by atoms with Gasteiger partial charge >= 0.3 is 0 Å². The van der Waals surface area contributed by atoms with Gasteiger partial charge in [-0.25, -0.2) is 0 Å². The Hall–Kier alpha value is -1.46. The quantitative estimate of drug-likeness (QED) is 0.651. The average Bonchev–Trinajstić information content (AvgIpc) is 2.62. The van der Waals surface area contributed by atoms with E-state index in [1.807, 2.05) is 12.1 Å². The van der Waals surface area contributed by atoms with Crippen molar-refractivity contribution < 1.29 is 9.53 Å². The molecule has 0 saturated carbocycles. The van der Waals surface area contributed by atoms with E-state index < -0.39 is 14.4 Å². The molecular weight excluding hydrogens is 350 g/mol. The first-order valence-electron chi connectivity index (χ1n) is 9.94. The summed E-state index contributed by atoms with van der Waals surface area (Å²) in [5.74, 6) is 0. The van der Waals surface area contributed by atoms with Crippen molar-refractivity contribution >= 4 is 18.7 Å². The normalized spacial score (nSPS) is 13.7. The van der Waals surface area contributed by atoms with Crippen LogP contribution in [0.1, 0.15) is 41.0 Å². The molecule has 0 radical (unpaired) electrons. The molecule has 2 rings (SSSR count). The number of aliphatic hydroxyl groups excluding tert-OH is 1. The molecular formula is C23H35NO2Si. The first-order valence-corrected chi connectivity index (χ1v) is 11.8. The fraction of sp³-hybridized carbons (Fsp3) is 0.478. The first kappa shape index (κ1) is 21.8. The minimum absolute atomic E-state index is 0.0639. The number of nitrogens with one attached hydrogen (secondary N) is 1. The molecule has 4 heteroatoms. The van der Waals surface area contributed by atoms with Gasteiger partial charge in [0.25, 0.3) is 8.32 Å². The lowest BCUT2D eigenvalue weighted by Gasteiger charge is -2.43. The SMILES string of the molecule is CC(C)NCC[C@@H](O)CO[Si](c1ccccc1)(c1ccccc1)C(C)(C)C. The molecule has 2 aromatic rings. The van der Waals surface area contributed by atoms with Crippen LogP contribution in [0, 0.1) is 0 Å². The third kappa shape index (κ3) is 5.52. The molecule has 0 amide bonds. The van der Waals surface area contributed by atoms with Gasteiger partial charge in [0.2, 0.25) is 0 Å². The number of aliphatic hydroxyl groups is 1. The van der Waals surface area contributed by atoms with E-state index in [9.17, 15) is 5.11 Å². The second-order valence-electron chi connectivity index (χ2n) is 8.53. The summed E-state index contributed by atoms with van der Waals surface area (Å²) >= 11 is 0. The van der Waals surface area contributed by atoms with Gasteiger partial charge in [-0.15, -0.1) is 0 Å². The predicted octanol–water partition coefficient (Wildman–Crippen LogP) is 3.31. The molecule has 0 unspecified atom stereocenters. The van der Waals surface area contributed by atoms with Crippen LogP contribution in [0.2, 0.25) is 5.04 Å². The summed E-state index contributed by atoms with van der Waals surface area (Å²) in [6.07, 6.45) is 0.217. The van der Waals surface area contributed by atoms with Gasteiger partial charge in [0.1, 0.15) is 0 Å². The van der Waals surface area contributed by atoms with E-state index >= 15 is 0 Å². The van der Waals surface area contributed by atoms with Crippen molar-refractivity contribution in [3.8, 4) is 0 Å². The third-order valence-corrected chi connectivity index (χ3v) is 9.94. The zero-order chi connectivity index (χ0) is 19.9. The third-order valence-electron chi connectivity index (χ3n) is 4.94. The summed E-state index contributed by atoms with van der Waals surface area (Å²) in [6.45, 7) is 12.1. The van der Waals surface area contributed by atoms with Crippen LogP contribution in [-0.4, -0.2) is 38.7 Å². The molecule has 0 aliphatic rings. The maximum Gasteiger partial charge on any atom is 0.261 e. The highest BCUT2D eigenvalue weighted by Crippen LogP contribution is 2.36. The second-order valence-corrected chi connectivity index (χ2v) is 12.8. The van der Waals surface area contributed by atoms with Gasteiger partial charge in [-0.1, -0.05) is 95.3 Å². The summed E-state index contributed by atoms with van der Waals surface area (Å²) in [4.78, 5) is 0. The van der Waals surface area contributed by atoms with Crippen molar-refractivity contribution in [1.29, 1.82) is 0 Å². The van der Waals surface area contributed by atoms with Crippen LogP contribution in [0.5, 0.6) is 0 Å². The Kier molecular flexibility index (Phi) is 7.80. The molecule has 0 aliphatic carbocycles. The van der Waals surface area contributed by atoms with Gasteiger partial charge in [-0.3, -0.25) is 0 Å². The zero-order valence-corrected chi connectivity index (χ0v) is 18.4. The molecule has 0 saturated heterocycles. The van der Waals surface area contributed by atoms with Crippen LogP contribution in [0.25, 0.3) is 0 Å². The van der Waals surface area contributed by atoms with Crippen LogP contribution in [-0.2, 0) is 4.43 Å². The van der Waals surface area contributed by atoms with Crippen LogP contribution in [0.15, 0.2) is 60.7 Å². The van der Waals surface area contributed by atoms with Crippen molar-refractivity contribution in [2.24, 2.45) is 0 Å². The monoisotopic (exact) mass is 385 g/mol. The lowest BCUT2D eigenvalue weighted by Crippen LogP contribution is -2.67. The average molecular weight is 386 g/mol. The topological polar surface area (TPSA) is 41.5 Å². The van der Waals surface area contributed by atoms with Gasteiger partial charge in [-0.2, -0.15) is 0 Å². The van der Waals surface area contributed by atoms with Crippen molar-refractivity contribution in [1.82, 2.24) is 5.32 Å². The highest BCUT2D eigenvalue weighted by Gasteiger charge is 2.50. The molecule has 0 fully saturated rings. The van der Waals surface area contributed by atoms with E-state index in [0.29, 0.717) is 19.1 Å². The Morgan fingerprint density at radius 2 is 1.41 bits per heavy atom. The fourth-order valence-electron chi connectivity index (χ4n) is 3.60. The number of hydrogen-bond donors (Lipinski definition) is 2. The van der Waals surface area contributed by atoms with Gasteiger partial charge < -0.3 is 14.8 Å². The zero-order valence-electron chi connectivity index (χ0n) is 17.4. The van der Waals surface area contributed by atoms with Crippen LogP contribution < -0.4 is 15.7 Å². The Morgan fingerprint density at radius 3 is 1.81 bits per heavy atom. The Balaban J connectivity index is 2.32. The van der Waals surface area contributed by atoms with Crippen molar-refractivity contribution in [2.75, 3.05) is 13.2 Å². The van der Waals surface area contributed by atoms with Gasteiger partial charge in [-0.05, 0) is 28.4 Å². The highest BCUT2D eigenvalue weighted by atomic mass is 28.4. The Labute approximate surface area is 165 Å². The largest absolute Gasteiger partial charge is 0.405 e. The van der Waals surface area contributed by atoms with Crippen LogP contribution in [0.4, 0.5) is 0 Å². The van der Waals surface area contributed by atoms with E-state index in [-0.39, 0.29) is 5.04 Å². The molecule has 1 atom stereocenters. The van der Waals surface area contributed by atoms with E-state index in [1.54, 1.807) is 0 Å². The molecule has 148 valence electrons. The standard InChI is InChI=1S/C23H35NO2Si/c1-19(2)24-17-16-20(25)18-26-27(23(3,4)5,21-12-8-6-9-13-21)22-14-10-7-11-15-22/h6-15,19-20,24-25H,16-18H2,1-5H3/t20-/m1/s1. The number of benzene rings is 2. The minimum atomic E-state index is -2.55. The summed E-state index contributed by atoms with van der Waals surface area (Å²) in [6, 6.07) is 21.6. The van der Waals surface area contributed by atoms with Crippen molar-refractivity contribution in [3.63, 3.8) is 0 Å². The van der Waals surface area contributed by atoms with Crippen molar-refractivity contribution in [2.45, 2.75) is 58.2 Å². The van der Waals surface area contributed by atoms with E-state index in [1.165, 1.54) is 10.4 Å². The van der Waals surface area contributed by atoms with Gasteiger partial charge in [0.15, 0.2) is 0 Å². The van der Waals surface area contributed by atoms with Crippen molar-refractivity contribution in [3.05, 3.63) is 60.7 Å². The van der Waals surface area contributed by atoms with Gasteiger partial charge in [0.05, 0.1) is 12.7 Å². The molecule has 0 heterocycles. The maximum absolute atomic E-state index is 10.5. The number of hydrogen-bond acceptors (Lipinski definition) is 3. The first-order chi connectivity index (χ1) is 12.8. The molecule has 0 spiro atoms. The lowest BCUT2D eigenvalue weighted by molar-refractivity contribution is 0.0947. The fourth-order valence-corrected chi connectivity index (χ4v) is 8.20. The summed E-state index contributed by atoms with van der Waals surface area (Å²) in [5.41, 5.74) is 0. The molecule has 2 aromatic carbocycles.